The molecule has 3 N–H and O–H groups in total. The number of hydrogen-bond donors (Lipinski definition) is 3. The first kappa shape index (κ1) is 33.8. The van der Waals surface area contributed by atoms with Crippen LogP contribution >= 0.6 is 0 Å². The Labute approximate surface area is 272 Å². The molecular formula is C38H48N2O6. The first-order valence-corrected chi connectivity index (χ1v) is 16.9. The molecule has 0 spiro atoms. The van der Waals surface area contributed by atoms with Crippen LogP contribution in [0.1, 0.15) is 98.9 Å². The molecule has 2 aliphatic rings. The molecule has 0 bridgehead atoms. The van der Waals surface area contributed by atoms with Crippen molar-refractivity contribution in [2.45, 2.75) is 95.9 Å². The fraction of sp³-hybridized carbons (Fsp3) is 0.474. The van der Waals surface area contributed by atoms with Crippen molar-refractivity contribution in [1.82, 2.24) is 10.2 Å². The maximum Gasteiger partial charge on any atom is 0.303 e. The van der Waals surface area contributed by atoms with Gasteiger partial charge < -0.3 is 29.9 Å². The second kappa shape index (κ2) is 17.4. The van der Waals surface area contributed by atoms with Gasteiger partial charge >= 0.3 is 5.97 Å². The zero-order valence-corrected chi connectivity index (χ0v) is 26.7. The Bertz CT molecular complexity index is 1390. The van der Waals surface area contributed by atoms with Gasteiger partial charge in [0.1, 0.15) is 0 Å². The van der Waals surface area contributed by atoms with Crippen molar-refractivity contribution in [3.05, 3.63) is 95.1 Å². The van der Waals surface area contributed by atoms with Crippen LogP contribution in [0.25, 0.3) is 11.1 Å². The van der Waals surface area contributed by atoms with E-state index in [0.717, 1.165) is 59.4 Å². The number of likely N-dealkylation sites (tertiary alicyclic amines) is 1. The topological polar surface area (TPSA) is 108 Å². The van der Waals surface area contributed by atoms with E-state index in [-0.39, 0.29) is 31.1 Å². The van der Waals surface area contributed by atoms with Crippen LogP contribution in [0.3, 0.4) is 0 Å². The molecule has 3 atom stereocenters. The van der Waals surface area contributed by atoms with Gasteiger partial charge in [0.2, 0.25) is 5.91 Å². The molecule has 0 radical (unpaired) electrons. The second-order valence-electron chi connectivity index (χ2n) is 12.6. The molecule has 2 fully saturated rings. The van der Waals surface area contributed by atoms with E-state index in [1.807, 2.05) is 24.3 Å². The molecule has 0 aromatic heterocycles. The highest BCUT2D eigenvalue weighted by Gasteiger charge is 2.33. The van der Waals surface area contributed by atoms with Crippen LogP contribution in [0.4, 0.5) is 0 Å². The van der Waals surface area contributed by atoms with Crippen molar-refractivity contribution in [2.75, 3.05) is 19.6 Å². The van der Waals surface area contributed by atoms with Crippen LogP contribution in [-0.4, -0.2) is 52.7 Å². The summed E-state index contributed by atoms with van der Waals surface area (Å²) in [5.74, 6) is -0.902. The molecular weight excluding hydrogens is 580 g/mol. The number of ether oxygens (including phenoxy) is 2. The number of hydrogen-bond acceptors (Lipinski definition) is 6. The van der Waals surface area contributed by atoms with Crippen LogP contribution in [0.15, 0.2) is 72.8 Å². The van der Waals surface area contributed by atoms with E-state index in [4.69, 9.17) is 14.6 Å². The van der Waals surface area contributed by atoms with E-state index in [1.165, 1.54) is 32.1 Å². The minimum Gasteiger partial charge on any atom is -0.481 e. The number of carboxylic acids is 1. The third-order valence-corrected chi connectivity index (χ3v) is 9.00. The molecule has 2 aliphatic heterocycles. The highest BCUT2D eigenvalue weighted by molar-refractivity contribution is 5.76. The predicted molar refractivity (Wildman–Crippen MR) is 178 cm³/mol. The summed E-state index contributed by atoms with van der Waals surface area (Å²) in [5, 5.41) is 21.2. The quantitative estimate of drug-likeness (QED) is 0.176. The molecule has 0 saturated carbocycles. The molecule has 2 heterocycles. The average Bonchev–Trinajstić information content (AvgIpc) is 3.07. The lowest BCUT2D eigenvalue weighted by Gasteiger charge is -2.38. The Morgan fingerprint density at radius 1 is 0.783 bits per heavy atom. The van der Waals surface area contributed by atoms with Gasteiger partial charge in [-0.15, -0.1) is 0 Å². The summed E-state index contributed by atoms with van der Waals surface area (Å²) < 4.78 is 13.2. The number of aliphatic carboxylic acids is 1. The Morgan fingerprint density at radius 3 is 2.20 bits per heavy atom. The van der Waals surface area contributed by atoms with Crippen LogP contribution in [0.5, 0.6) is 0 Å². The molecule has 5 rings (SSSR count). The van der Waals surface area contributed by atoms with Crippen molar-refractivity contribution in [3.8, 4) is 11.1 Å². The van der Waals surface area contributed by atoms with Crippen molar-refractivity contribution < 1.29 is 29.3 Å². The average molecular weight is 629 g/mol. The monoisotopic (exact) mass is 628 g/mol. The molecule has 3 unspecified atom stereocenters. The minimum absolute atomic E-state index is 0.0230. The first-order valence-electron chi connectivity index (χ1n) is 16.9. The Kier molecular flexibility index (Phi) is 12.8. The normalized spacial score (nSPS) is 20.8. The van der Waals surface area contributed by atoms with E-state index in [1.54, 1.807) is 0 Å². The van der Waals surface area contributed by atoms with Crippen LogP contribution in [0, 0.1) is 0 Å². The smallest absolute Gasteiger partial charge is 0.303 e. The first-order chi connectivity index (χ1) is 22.5. The summed E-state index contributed by atoms with van der Waals surface area (Å²) in [7, 11) is 0. The van der Waals surface area contributed by atoms with Crippen LogP contribution < -0.4 is 5.32 Å². The van der Waals surface area contributed by atoms with Gasteiger partial charge in [0.05, 0.1) is 18.8 Å². The Balaban J connectivity index is 1.24. The van der Waals surface area contributed by atoms with Gasteiger partial charge in [-0.3, -0.25) is 9.59 Å². The van der Waals surface area contributed by atoms with Crippen LogP contribution in [0.2, 0.25) is 0 Å². The van der Waals surface area contributed by atoms with Crippen molar-refractivity contribution in [1.29, 1.82) is 0 Å². The molecule has 8 nitrogen and oxygen atoms in total. The molecule has 3 aromatic rings. The summed E-state index contributed by atoms with van der Waals surface area (Å²) in [6, 6.07) is 24.5. The number of aliphatic hydroxyl groups is 1. The lowest BCUT2D eigenvalue weighted by molar-refractivity contribution is -0.253. The molecule has 46 heavy (non-hydrogen) atoms. The van der Waals surface area contributed by atoms with Gasteiger partial charge in [-0.05, 0) is 72.7 Å². The number of nitrogens with zero attached hydrogens (tertiary/aromatic N) is 1. The summed E-state index contributed by atoms with van der Waals surface area (Å²) in [5.41, 5.74) is 6.09. The lowest BCUT2D eigenvalue weighted by Crippen LogP contribution is -2.40. The van der Waals surface area contributed by atoms with Gasteiger partial charge in [0.15, 0.2) is 6.29 Å². The molecule has 8 heteroatoms. The number of carbonyl (C=O) groups is 2. The second-order valence-corrected chi connectivity index (χ2v) is 12.6. The maximum atomic E-state index is 12.2. The summed E-state index contributed by atoms with van der Waals surface area (Å²) in [4.78, 5) is 25.4. The summed E-state index contributed by atoms with van der Waals surface area (Å²) in [6.07, 6.45) is 8.14. The maximum absolute atomic E-state index is 12.2. The highest BCUT2D eigenvalue weighted by Crippen LogP contribution is 2.39. The number of carboxylic acid groups (broad SMARTS) is 1. The number of aliphatic hydroxyl groups excluding tert-OH is 1. The molecule has 0 aliphatic carbocycles. The number of benzene rings is 3. The number of unbranched alkanes of at least 4 members (excludes halogenated alkanes) is 1. The van der Waals surface area contributed by atoms with Crippen molar-refractivity contribution in [2.24, 2.45) is 0 Å². The van der Waals surface area contributed by atoms with Gasteiger partial charge in [0.25, 0.3) is 0 Å². The fourth-order valence-electron chi connectivity index (χ4n) is 6.36. The third kappa shape index (κ3) is 10.2. The zero-order chi connectivity index (χ0) is 32.1. The predicted octanol–water partition coefficient (Wildman–Crippen LogP) is 6.92. The summed E-state index contributed by atoms with van der Waals surface area (Å²) in [6.45, 7) is 3.58. The largest absolute Gasteiger partial charge is 0.481 e. The minimum atomic E-state index is -0.832. The van der Waals surface area contributed by atoms with E-state index >= 15 is 0 Å². The molecule has 246 valence electrons. The number of amides is 1. The van der Waals surface area contributed by atoms with Gasteiger partial charge in [0, 0.05) is 37.9 Å². The zero-order valence-electron chi connectivity index (χ0n) is 26.7. The van der Waals surface area contributed by atoms with Gasteiger partial charge in [-0.1, -0.05) is 86.0 Å². The summed E-state index contributed by atoms with van der Waals surface area (Å²) >= 11 is 0. The molecule has 1 amide bonds. The van der Waals surface area contributed by atoms with Gasteiger partial charge in [-0.25, -0.2) is 0 Å². The lowest BCUT2D eigenvalue weighted by atomic mass is 9.98. The number of nitrogens with one attached hydrogen (secondary N) is 1. The number of carbonyl (C=O) groups excluding carboxylic acids is 1. The van der Waals surface area contributed by atoms with E-state index in [2.05, 4.69) is 58.7 Å². The SMILES string of the molecule is O=C(O)CCCCC(=O)NCc1cccc(-c2ccc(C3OC(CN4CCCCCCC4)CC(c4ccc(CO)cc4)O3)cc2)c1. The highest BCUT2D eigenvalue weighted by atomic mass is 16.7. The Morgan fingerprint density at radius 2 is 1.48 bits per heavy atom. The van der Waals surface area contributed by atoms with E-state index in [9.17, 15) is 14.7 Å². The van der Waals surface area contributed by atoms with Crippen molar-refractivity contribution in [3.63, 3.8) is 0 Å². The fourth-order valence-corrected chi connectivity index (χ4v) is 6.36. The van der Waals surface area contributed by atoms with Crippen molar-refractivity contribution >= 4 is 11.9 Å². The standard InChI is InChI=1S/C38H48N2O6/c41-27-28-13-15-31(16-14-28)35-24-34(26-40-21-6-2-1-3-7-22-40)45-38(46-35)32-19-17-30(18-20-32)33-10-8-9-29(23-33)25-39-36(42)11-4-5-12-37(43)44/h8-10,13-20,23,34-35,38,41H,1-7,11-12,21-22,24-27H2,(H,39,42)(H,43,44). The molecule has 3 aromatic carbocycles. The van der Waals surface area contributed by atoms with E-state index in [0.29, 0.717) is 25.8 Å². The Hall–Kier alpha value is -3.56. The van der Waals surface area contributed by atoms with Gasteiger partial charge in [-0.2, -0.15) is 0 Å². The third-order valence-electron chi connectivity index (χ3n) is 9.00. The van der Waals surface area contributed by atoms with Crippen LogP contribution in [-0.2, 0) is 32.2 Å². The molecule has 2 saturated heterocycles. The van der Waals surface area contributed by atoms with E-state index < -0.39 is 12.3 Å². The number of rotatable bonds is 13.